The molecule has 1 atom stereocenters. The van der Waals surface area contributed by atoms with Gasteiger partial charge in [-0.3, -0.25) is 4.99 Å². The third kappa shape index (κ3) is 5.85. The molecule has 0 aliphatic carbocycles. The van der Waals surface area contributed by atoms with Crippen LogP contribution in [0.25, 0.3) is 0 Å². The van der Waals surface area contributed by atoms with E-state index in [1.54, 1.807) is 26.6 Å². The summed E-state index contributed by atoms with van der Waals surface area (Å²) in [6, 6.07) is 7.36. The maximum Gasteiger partial charge on any atom is 0.225 e. The molecule has 1 aromatic heterocycles. The molecule has 0 amide bonds. The normalized spacial score (nSPS) is 16.9. The quantitative estimate of drug-likeness (QED) is 0.359. The van der Waals surface area contributed by atoms with E-state index in [1.807, 2.05) is 24.3 Å². The number of piperidine rings is 1. The molecule has 28 heavy (non-hydrogen) atoms. The highest BCUT2D eigenvalue weighted by molar-refractivity contribution is 14.0. The smallest absolute Gasteiger partial charge is 0.225 e. The summed E-state index contributed by atoms with van der Waals surface area (Å²) in [5.41, 5.74) is 6.86. The Hall–Kier alpha value is -2.30. The first kappa shape index (κ1) is 22.0. The van der Waals surface area contributed by atoms with Crippen molar-refractivity contribution in [3.63, 3.8) is 0 Å². The van der Waals surface area contributed by atoms with Crippen LogP contribution in [0.3, 0.4) is 0 Å². The Kier molecular flexibility index (Phi) is 8.55. The number of nitrogens with two attached hydrogens (primary N) is 1. The molecule has 3 N–H and O–H groups in total. The molecule has 2 heterocycles. The Morgan fingerprint density at radius 3 is 2.71 bits per heavy atom. The fourth-order valence-electron chi connectivity index (χ4n) is 3.18. The summed E-state index contributed by atoms with van der Waals surface area (Å²) in [6.07, 6.45) is 5.77. The van der Waals surface area contributed by atoms with Gasteiger partial charge in [0.1, 0.15) is 0 Å². The van der Waals surface area contributed by atoms with Crippen LogP contribution < -0.4 is 25.4 Å². The number of aliphatic imine (C=N–C) groups is 1. The molecule has 1 unspecified atom stereocenters. The molecule has 9 heteroatoms. The van der Waals surface area contributed by atoms with Gasteiger partial charge in [-0.15, -0.1) is 24.0 Å². The summed E-state index contributed by atoms with van der Waals surface area (Å²) >= 11 is 0. The maximum atomic E-state index is 6.06. The highest BCUT2D eigenvalue weighted by atomic mass is 127. The summed E-state index contributed by atoms with van der Waals surface area (Å²) in [5, 5.41) is 3.10. The number of hydrogen-bond donors (Lipinski definition) is 2. The number of aromatic nitrogens is 2. The van der Waals surface area contributed by atoms with Crippen molar-refractivity contribution in [1.82, 2.24) is 9.97 Å². The van der Waals surface area contributed by atoms with Crippen molar-refractivity contribution >= 4 is 41.6 Å². The molecule has 8 nitrogen and oxygen atoms in total. The van der Waals surface area contributed by atoms with E-state index < -0.39 is 0 Å². The minimum atomic E-state index is 0. The Labute approximate surface area is 182 Å². The fraction of sp³-hybridized carbons (Fsp3) is 0.421. The summed E-state index contributed by atoms with van der Waals surface area (Å²) in [4.78, 5) is 15.4. The average molecular weight is 498 g/mol. The minimum absolute atomic E-state index is 0. The van der Waals surface area contributed by atoms with E-state index in [9.17, 15) is 0 Å². The molecule has 152 valence electrons. The van der Waals surface area contributed by atoms with Crippen LogP contribution in [0.5, 0.6) is 11.5 Å². The Morgan fingerprint density at radius 2 is 2.00 bits per heavy atom. The second kappa shape index (κ2) is 10.9. The number of nitrogens with zero attached hydrogens (tertiary/aromatic N) is 4. The monoisotopic (exact) mass is 498 g/mol. The van der Waals surface area contributed by atoms with Crippen molar-refractivity contribution < 1.29 is 9.47 Å². The molecule has 1 aliphatic heterocycles. The molecule has 0 bridgehead atoms. The standard InChI is InChI=1S/C19H26N6O2.HI/c1-26-16-7-6-15(11-17(16)27-2)24-18(20)23-12-14-5-3-10-25(13-14)19-21-8-4-9-22-19;/h4,6-9,11,14H,3,5,10,12-13H2,1-2H3,(H3,20,23,24);1H. The van der Waals surface area contributed by atoms with E-state index in [0.29, 0.717) is 29.9 Å². The molecule has 0 saturated carbocycles. The zero-order valence-electron chi connectivity index (χ0n) is 16.2. The van der Waals surface area contributed by atoms with E-state index in [4.69, 9.17) is 15.2 Å². The van der Waals surface area contributed by atoms with Gasteiger partial charge in [0.15, 0.2) is 17.5 Å². The predicted octanol–water partition coefficient (Wildman–Crippen LogP) is 2.76. The average Bonchev–Trinajstić information content (AvgIpc) is 2.73. The lowest BCUT2D eigenvalue weighted by molar-refractivity contribution is 0.355. The van der Waals surface area contributed by atoms with E-state index in [-0.39, 0.29) is 24.0 Å². The summed E-state index contributed by atoms with van der Waals surface area (Å²) in [6.45, 7) is 2.52. The Balaban J connectivity index is 0.00000280. The van der Waals surface area contributed by atoms with E-state index in [2.05, 4.69) is 25.2 Å². The van der Waals surface area contributed by atoms with Crippen LogP contribution in [0.4, 0.5) is 11.6 Å². The van der Waals surface area contributed by atoms with Crippen molar-refractivity contribution in [2.24, 2.45) is 16.6 Å². The van der Waals surface area contributed by atoms with Gasteiger partial charge >= 0.3 is 0 Å². The molecule has 1 aromatic carbocycles. The number of nitrogens with one attached hydrogen (secondary N) is 1. The Bertz CT molecular complexity index is 774. The number of ether oxygens (including phenoxy) is 2. The van der Waals surface area contributed by atoms with Gasteiger partial charge in [-0.1, -0.05) is 0 Å². The predicted molar refractivity (Wildman–Crippen MR) is 122 cm³/mol. The van der Waals surface area contributed by atoms with Crippen LogP contribution >= 0.6 is 24.0 Å². The van der Waals surface area contributed by atoms with E-state index >= 15 is 0 Å². The summed E-state index contributed by atoms with van der Waals surface area (Å²) < 4.78 is 10.5. The molecule has 1 fully saturated rings. The van der Waals surface area contributed by atoms with E-state index in [1.165, 1.54) is 0 Å². The highest BCUT2D eigenvalue weighted by Gasteiger charge is 2.21. The number of methoxy groups -OCH3 is 2. The van der Waals surface area contributed by atoms with Crippen LogP contribution in [0.2, 0.25) is 0 Å². The molecule has 1 saturated heterocycles. The van der Waals surface area contributed by atoms with Crippen molar-refractivity contribution in [3.8, 4) is 11.5 Å². The van der Waals surface area contributed by atoms with Crippen LogP contribution in [-0.2, 0) is 0 Å². The zero-order valence-corrected chi connectivity index (χ0v) is 18.5. The lowest BCUT2D eigenvalue weighted by atomic mass is 9.98. The van der Waals surface area contributed by atoms with Gasteiger partial charge in [0.05, 0.1) is 14.2 Å². The van der Waals surface area contributed by atoms with Crippen molar-refractivity contribution in [2.45, 2.75) is 12.8 Å². The van der Waals surface area contributed by atoms with Gasteiger partial charge in [0, 0.05) is 43.8 Å². The zero-order chi connectivity index (χ0) is 19.1. The first-order chi connectivity index (χ1) is 13.2. The molecular formula is C19H27IN6O2. The third-order valence-corrected chi connectivity index (χ3v) is 4.53. The number of rotatable bonds is 6. The molecule has 1 aliphatic rings. The lowest BCUT2D eigenvalue weighted by Crippen LogP contribution is -2.38. The van der Waals surface area contributed by atoms with Crippen molar-refractivity contribution in [3.05, 3.63) is 36.7 Å². The van der Waals surface area contributed by atoms with Crippen LogP contribution in [0.1, 0.15) is 12.8 Å². The second-order valence-corrected chi connectivity index (χ2v) is 6.42. The molecule has 3 rings (SSSR count). The maximum absolute atomic E-state index is 6.06. The number of halogens is 1. The number of anilines is 2. The van der Waals surface area contributed by atoms with Gasteiger partial charge in [-0.05, 0) is 37.0 Å². The Morgan fingerprint density at radius 1 is 1.25 bits per heavy atom. The van der Waals surface area contributed by atoms with E-state index in [0.717, 1.165) is 37.6 Å². The topological polar surface area (TPSA) is 97.9 Å². The van der Waals surface area contributed by atoms with Crippen LogP contribution in [-0.4, -0.2) is 49.8 Å². The fourth-order valence-corrected chi connectivity index (χ4v) is 3.18. The number of benzene rings is 1. The summed E-state index contributed by atoms with van der Waals surface area (Å²) in [5.74, 6) is 2.90. The SMILES string of the molecule is COc1ccc(NC(N)=NCC2CCCN(c3ncccn3)C2)cc1OC.I. The largest absolute Gasteiger partial charge is 0.493 e. The highest BCUT2D eigenvalue weighted by Crippen LogP contribution is 2.29. The van der Waals surface area contributed by atoms with Gasteiger partial charge in [0.2, 0.25) is 5.95 Å². The van der Waals surface area contributed by atoms with Gasteiger partial charge in [0.25, 0.3) is 0 Å². The van der Waals surface area contributed by atoms with Crippen LogP contribution in [0, 0.1) is 5.92 Å². The van der Waals surface area contributed by atoms with Gasteiger partial charge in [-0.2, -0.15) is 0 Å². The van der Waals surface area contributed by atoms with Gasteiger partial charge < -0.3 is 25.4 Å². The van der Waals surface area contributed by atoms with Crippen molar-refractivity contribution in [1.29, 1.82) is 0 Å². The van der Waals surface area contributed by atoms with Crippen molar-refractivity contribution in [2.75, 3.05) is 44.1 Å². The minimum Gasteiger partial charge on any atom is -0.493 e. The summed E-state index contributed by atoms with van der Waals surface area (Å²) in [7, 11) is 3.21. The number of guanidine groups is 1. The lowest BCUT2D eigenvalue weighted by Gasteiger charge is -2.31. The molecule has 0 radical (unpaired) electrons. The molecule has 0 spiro atoms. The first-order valence-corrected chi connectivity index (χ1v) is 9.00. The van der Waals surface area contributed by atoms with Gasteiger partial charge in [-0.25, -0.2) is 9.97 Å². The molecular weight excluding hydrogens is 471 g/mol. The number of hydrogen-bond acceptors (Lipinski definition) is 6. The first-order valence-electron chi connectivity index (χ1n) is 9.00. The second-order valence-electron chi connectivity index (χ2n) is 6.42. The molecule has 2 aromatic rings. The third-order valence-electron chi connectivity index (χ3n) is 4.53. The van der Waals surface area contributed by atoms with Crippen LogP contribution in [0.15, 0.2) is 41.7 Å².